The second-order valence-corrected chi connectivity index (χ2v) is 3.98. The van der Waals surface area contributed by atoms with E-state index in [4.69, 9.17) is 11.6 Å². The fourth-order valence-electron chi connectivity index (χ4n) is 1.24. The van der Waals surface area contributed by atoms with Gasteiger partial charge in [-0.15, -0.1) is 0 Å². The Hall–Kier alpha value is -1.23. The summed E-state index contributed by atoms with van der Waals surface area (Å²) in [6, 6.07) is 3.56. The lowest BCUT2D eigenvalue weighted by molar-refractivity contribution is -0.137. The van der Waals surface area contributed by atoms with Gasteiger partial charge in [0.1, 0.15) is 5.78 Å². The van der Waals surface area contributed by atoms with E-state index >= 15 is 0 Å². The minimum Gasteiger partial charge on any atom is -0.385 e. The number of benzene rings is 1. The van der Waals surface area contributed by atoms with Crippen LogP contribution in [0.4, 0.5) is 18.9 Å². The summed E-state index contributed by atoms with van der Waals surface area (Å²) in [4.78, 5) is 10.7. The van der Waals surface area contributed by atoms with Gasteiger partial charge in [0.15, 0.2) is 0 Å². The first-order valence-corrected chi connectivity index (χ1v) is 5.28. The van der Waals surface area contributed by atoms with Crippen LogP contribution in [0.5, 0.6) is 0 Å². The van der Waals surface area contributed by atoms with Crippen LogP contribution in [0.15, 0.2) is 18.2 Å². The average Bonchev–Trinajstić information content (AvgIpc) is 2.18. The molecule has 1 N–H and O–H groups in total. The summed E-state index contributed by atoms with van der Waals surface area (Å²) in [5, 5.41) is 2.40. The fraction of sp³-hybridized carbons (Fsp3) is 0.364. The summed E-state index contributed by atoms with van der Waals surface area (Å²) in [7, 11) is 0. The van der Waals surface area contributed by atoms with Gasteiger partial charge in [0.25, 0.3) is 0 Å². The molecule has 0 radical (unpaired) electrons. The first kappa shape index (κ1) is 13.8. The molecule has 0 saturated heterocycles. The van der Waals surface area contributed by atoms with E-state index in [9.17, 15) is 18.0 Å². The molecule has 0 aliphatic rings. The fourth-order valence-corrected chi connectivity index (χ4v) is 1.46. The summed E-state index contributed by atoms with van der Waals surface area (Å²) in [5.74, 6) is -0.0255. The number of hydrogen-bond acceptors (Lipinski definition) is 2. The third kappa shape index (κ3) is 4.26. The lowest BCUT2D eigenvalue weighted by Crippen LogP contribution is -2.09. The van der Waals surface area contributed by atoms with Crippen molar-refractivity contribution >= 4 is 23.1 Å². The van der Waals surface area contributed by atoms with Gasteiger partial charge in [-0.1, -0.05) is 11.6 Å². The van der Waals surface area contributed by atoms with Gasteiger partial charge in [-0.2, -0.15) is 13.2 Å². The Kier molecular flexibility index (Phi) is 4.40. The number of anilines is 1. The number of alkyl halides is 3. The maximum atomic E-state index is 12.5. The Morgan fingerprint density at radius 2 is 2.06 bits per heavy atom. The quantitative estimate of drug-likeness (QED) is 0.898. The first-order chi connectivity index (χ1) is 7.80. The number of halogens is 4. The van der Waals surface area contributed by atoms with Gasteiger partial charge in [-0.05, 0) is 25.1 Å². The van der Waals surface area contributed by atoms with E-state index in [2.05, 4.69) is 5.32 Å². The molecule has 0 aromatic heterocycles. The molecule has 0 atom stereocenters. The van der Waals surface area contributed by atoms with Crippen LogP contribution in [0.25, 0.3) is 0 Å². The number of nitrogens with one attached hydrogen (secondary N) is 1. The van der Waals surface area contributed by atoms with Crippen molar-refractivity contribution in [2.24, 2.45) is 0 Å². The van der Waals surface area contributed by atoms with Crippen LogP contribution in [0.2, 0.25) is 5.02 Å². The van der Waals surface area contributed by atoms with Gasteiger partial charge in [0.2, 0.25) is 0 Å². The normalized spacial score (nSPS) is 11.4. The molecule has 0 amide bonds. The number of rotatable bonds is 4. The molecule has 0 heterocycles. The lowest BCUT2D eigenvalue weighted by Gasteiger charge is -2.11. The molecule has 0 bridgehead atoms. The minimum absolute atomic E-state index is 0.0255. The highest BCUT2D eigenvalue weighted by Crippen LogP contribution is 2.36. The Balaban J connectivity index is 2.79. The van der Waals surface area contributed by atoms with E-state index < -0.39 is 11.7 Å². The molecule has 1 rings (SSSR count). The van der Waals surface area contributed by atoms with Gasteiger partial charge in [0.05, 0.1) is 10.6 Å². The molecule has 0 aliphatic heterocycles. The molecular formula is C11H11ClF3NO. The van der Waals surface area contributed by atoms with Crippen molar-refractivity contribution in [1.82, 2.24) is 0 Å². The minimum atomic E-state index is -4.48. The number of carbonyl (C=O) groups excluding carboxylic acids is 1. The Bertz CT molecular complexity index is 418. The van der Waals surface area contributed by atoms with E-state index in [1.165, 1.54) is 19.1 Å². The molecule has 0 aliphatic carbocycles. The molecule has 0 spiro atoms. The van der Waals surface area contributed by atoms with E-state index in [0.717, 1.165) is 6.07 Å². The topological polar surface area (TPSA) is 29.1 Å². The summed E-state index contributed by atoms with van der Waals surface area (Å²) in [5.41, 5.74) is -0.588. The van der Waals surface area contributed by atoms with E-state index in [0.29, 0.717) is 12.2 Å². The molecule has 0 unspecified atom stereocenters. The zero-order valence-electron chi connectivity index (χ0n) is 9.07. The lowest BCUT2D eigenvalue weighted by atomic mass is 10.2. The van der Waals surface area contributed by atoms with Gasteiger partial charge in [-0.25, -0.2) is 0 Å². The Morgan fingerprint density at radius 3 is 2.59 bits per heavy atom. The maximum Gasteiger partial charge on any atom is 0.417 e. The van der Waals surface area contributed by atoms with E-state index in [-0.39, 0.29) is 17.2 Å². The molecular weight excluding hydrogens is 255 g/mol. The summed E-state index contributed by atoms with van der Waals surface area (Å²) in [6.07, 6.45) is -4.21. The Labute approximate surface area is 102 Å². The molecule has 94 valence electrons. The van der Waals surface area contributed by atoms with Crippen molar-refractivity contribution in [3.63, 3.8) is 0 Å². The summed E-state index contributed by atoms with van der Waals surface area (Å²) < 4.78 is 37.5. The van der Waals surface area contributed by atoms with Gasteiger partial charge < -0.3 is 5.32 Å². The second kappa shape index (κ2) is 5.40. The highest BCUT2D eigenvalue weighted by molar-refractivity contribution is 6.31. The summed E-state index contributed by atoms with van der Waals surface area (Å²) in [6.45, 7) is 1.72. The highest BCUT2D eigenvalue weighted by atomic mass is 35.5. The van der Waals surface area contributed by atoms with Crippen molar-refractivity contribution in [3.05, 3.63) is 28.8 Å². The Morgan fingerprint density at radius 1 is 1.41 bits per heavy atom. The smallest absolute Gasteiger partial charge is 0.385 e. The first-order valence-electron chi connectivity index (χ1n) is 4.91. The molecule has 0 saturated carbocycles. The maximum absolute atomic E-state index is 12.5. The van der Waals surface area contributed by atoms with E-state index in [1.807, 2.05) is 0 Å². The number of ketones is 1. The average molecular weight is 266 g/mol. The van der Waals surface area contributed by atoms with Crippen LogP contribution in [0.1, 0.15) is 18.9 Å². The second-order valence-electron chi connectivity index (χ2n) is 3.57. The SMILES string of the molecule is CC(=O)CCNc1ccc(Cl)c(C(F)(F)F)c1. The molecule has 6 heteroatoms. The monoisotopic (exact) mass is 265 g/mol. The van der Waals surface area contributed by atoms with Crippen LogP contribution < -0.4 is 5.32 Å². The largest absolute Gasteiger partial charge is 0.417 e. The zero-order chi connectivity index (χ0) is 13.1. The number of Topliss-reactive ketones (excluding diaryl/α,β-unsaturated/α-hetero) is 1. The van der Waals surface area contributed by atoms with Crippen LogP contribution in [0, 0.1) is 0 Å². The molecule has 17 heavy (non-hydrogen) atoms. The van der Waals surface area contributed by atoms with Crippen molar-refractivity contribution < 1.29 is 18.0 Å². The predicted molar refractivity (Wildman–Crippen MR) is 60.2 cm³/mol. The standard InChI is InChI=1S/C11H11ClF3NO/c1-7(17)4-5-16-8-2-3-10(12)9(6-8)11(13,14)15/h2-3,6,16H,4-5H2,1H3. The molecule has 1 aromatic carbocycles. The molecule has 2 nitrogen and oxygen atoms in total. The van der Waals surface area contributed by atoms with E-state index in [1.54, 1.807) is 0 Å². The van der Waals surface area contributed by atoms with Crippen LogP contribution in [-0.2, 0) is 11.0 Å². The number of hydrogen-bond donors (Lipinski definition) is 1. The van der Waals surface area contributed by atoms with Crippen molar-refractivity contribution in [1.29, 1.82) is 0 Å². The highest BCUT2D eigenvalue weighted by Gasteiger charge is 2.33. The van der Waals surface area contributed by atoms with Crippen LogP contribution in [0.3, 0.4) is 0 Å². The zero-order valence-corrected chi connectivity index (χ0v) is 9.82. The third-order valence-corrected chi connectivity index (χ3v) is 2.41. The summed E-state index contributed by atoms with van der Waals surface area (Å²) >= 11 is 5.46. The van der Waals surface area contributed by atoms with Crippen molar-refractivity contribution in [3.8, 4) is 0 Å². The third-order valence-electron chi connectivity index (χ3n) is 2.08. The van der Waals surface area contributed by atoms with Crippen molar-refractivity contribution in [2.45, 2.75) is 19.5 Å². The molecule has 0 fully saturated rings. The van der Waals surface area contributed by atoms with Crippen LogP contribution >= 0.6 is 11.6 Å². The van der Waals surface area contributed by atoms with Crippen molar-refractivity contribution in [2.75, 3.05) is 11.9 Å². The predicted octanol–water partition coefficient (Wildman–Crippen LogP) is 3.75. The van der Waals surface area contributed by atoms with Crippen LogP contribution in [-0.4, -0.2) is 12.3 Å². The molecule has 1 aromatic rings. The van der Waals surface area contributed by atoms with Gasteiger partial charge >= 0.3 is 6.18 Å². The number of carbonyl (C=O) groups is 1. The van der Waals surface area contributed by atoms with Gasteiger partial charge in [0, 0.05) is 18.7 Å². The van der Waals surface area contributed by atoms with Gasteiger partial charge in [-0.3, -0.25) is 4.79 Å².